The van der Waals surface area contributed by atoms with Crippen LogP contribution < -0.4 is 10.6 Å². The van der Waals surface area contributed by atoms with Gasteiger partial charge in [-0.15, -0.1) is 0 Å². The van der Waals surface area contributed by atoms with Gasteiger partial charge in [0.25, 0.3) is 0 Å². The SMILES string of the molecule is CN(CC1(CO)CCC1)c1cc(Cl)nc(N)n1. The third kappa shape index (κ3) is 2.61. The molecule has 0 spiro atoms. The number of anilines is 2. The van der Waals surface area contributed by atoms with Gasteiger partial charge >= 0.3 is 0 Å². The molecule has 0 unspecified atom stereocenters. The second-order valence-corrected chi connectivity index (χ2v) is 5.16. The fourth-order valence-corrected chi connectivity index (χ4v) is 2.43. The molecule has 6 heteroatoms. The molecule has 1 aromatic rings. The Morgan fingerprint density at radius 2 is 2.24 bits per heavy atom. The van der Waals surface area contributed by atoms with Crippen LogP contribution in [0.5, 0.6) is 0 Å². The lowest BCUT2D eigenvalue weighted by Crippen LogP contribution is -2.43. The number of nitrogens with zero attached hydrogens (tertiary/aromatic N) is 3. The van der Waals surface area contributed by atoms with Crippen molar-refractivity contribution in [1.29, 1.82) is 0 Å². The molecule has 1 aliphatic rings. The van der Waals surface area contributed by atoms with Gasteiger partial charge < -0.3 is 15.7 Å². The monoisotopic (exact) mass is 256 g/mol. The maximum Gasteiger partial charge on any atom is 0.223 e. The van der Waals surface area contributed by atoms with Gasteiger partial charge in [-0.05, 0) is 12.8 Å². The van der Waals surface area contributed by atoms with E-state index in [9.17, 15) is 5.11 Å². The minimum Gasteiger partial charge on any atom is -0.396 e. The van der Waals surface area contributed by atoms with Gasteiger partial charge in [0.05, 0.1) is 6.61 Å². The van der Waals surface area contributed by atoms with E-state index in [1.165, 1.54) is 6.42 Å². The van der Waals surface area contributed by atoms with Crippen LogP contribution in [0, 0.1) is 5.41 Å². The first kappa shape index (κ1) is 12.4. The largest absolute Gasteiger partial charge is 0.396 e. The Morgan fingerprint density at radius 3 is 2.71 bits per heavy atom. The molecule has 0 aliphatic heterocycles. The number of halogens is 1. The Hall–Kier alpha value is -1.07. The molecule has 17 heavy (non-hydrogen) atoms. The first-order chi connectivity index (χ1) is 8.04. The molecule has 0 radical (unpaired) electrons. The molecule has 0 aromatic carbocycles. The Labute approximate surface area is 106 Å². The van der Waals surface area contributed by atoms with Gasteiger partial charge in [-0.1, -0.05) is 18.0 Å². The summed E-state index contributed by atoms with van der Waals surface area (Å²) in [6.07, 6.45) is 3.30. The first-order valence-electron chi connectivity index (χ1n) is 5.67. The minimum absolute atomic E-state index is 0.0148. The summed E-state index contributed by atoms with van der Waals surface area (Å²) >= 11 is 5.84. The van der Waals surface area contributed by atoms with Crippen LogP contribution in [0.3, 0.4) is 0 Å². The highest BCUT2D eigenvalue weighted by molar-refractivity contribution is 6.29. The van der Waals surface area contributed by atoms with E-state index in [2.05, 4.69) is 9.97 Å². The van der Waals surface area contributed by atoms with E-state index in [0.717, 1.165) is 19.4 Å². The summed E-state index contributed by atoms with van der Waals surface area (Å²) in [5.74, 6) is 0.869. The summed E-state index contributed by atoms with van der Waals surface area (Å²) in [4.78, 5) is 9.93. The summed E-state index contributed by atoms with van der Waals surface area (Å²) in [6, 6.07) is 1.68. The van der Waals surface area contributed by atoms with Crippen LogP contribution in [0.1, 0.15) is 19.3 Å². The normalized spacial score (nSPS) is 17.6. The Kier molecular flexibility index (Phi) is 3.40. The summed E-state index contributed by atoms with van der Waals surface area (Å²) in [5.41, 5.74) is 5.57. The highest BCUT2D eigenvalue weighted by Crippen LogP contribution is 2.41. The van der Waals surface area contributed by atoms with E-state index in [4.69, 9.17) is 17.3 Å². The summed E-state index contributed by atoms with van der Waals surface area (Å²) < 4.78 is 0. The standard InChI is InChI=1S/C11H17ClN4O/c1-16(6-11(7-17)3-2-4-11)9-5-8(12)14-10(13)15-9/h5,17H,2-4,6-7H2,1H3,(H2,13,14,15). The molecule has 94 valence electrons. The zero-order valence-corrected chi connectivity index (χ0v) is 10.6. The molecule has 5 nitrogen and oxygen atoms in total. The van der Waals surface area contributed by atoms with Crippen LogP contribution in [0.15, 0.2) is 6.07 Å². The molecule has 0 saturated heterocycles. The molecular formula is C11H17ClN4O. The maximum absolute atomic E-state index is 9.43. The van der Waals surface area contributed by atoms with Gasteiger partial charge in [0, 0.05) is 25.1 Å². The van der Waals surface area contributed by atoms with E-state index in [0.29, 0.717) is 11.0 Å². The van der Waals surface area contributed by atoms with Crippen molar-refractivity contribution in [2.24, 2.45) is 5.41 Å². The molecule has 1 saturated carbocycles. The molecule has 0 amide bonds. The van der Waals surface area contributed by atoms with Crippen molar-refractivity contribution in [3.63, 3.8) is 0 Å². The smallest absolute Gasteiger partial charge is 0.223 e. The lowest BCUT2D eigenvalue weighted by Gasteiger charge is -2.43. The Morgan fingerprint density at radius 1 is 1.53 bits per heavy atom. The van der Waals surface area contributed by atoms with Gasteiger partial charge in [0.1, 0.15) is 11.0 Å². The van der Waals surface area contributed by atoms with E-state index in [1.54, 1.807) is 6.07 Å². The van der Waals surface area contributed by atoms with Crippen LogP contribution in [-0.4, -0.2) is 35.3 Å². The lowest BCUT2D eigenvalue weighted by molar-refractivity contribution is 0.0523. The average Bonchev–Trinajstić information content (AvgIpc) is 2.21. The van der Waals surface area contributed by atoms with Crippen molar-refractivity contribution >= 4 is 23.4 Å². The second kappa shape index (κ2) is 4.66. The van der Waals surface area contributed by atoms with E-state index >= 15 is 0 Å². The quantitative estimate of drug-likeness (QED) is 0.795. The van der Waals surface area contributed by atoms with Crippen molar-refractivity contribution in [1.82, 2.24) is 9.97 Å². The number of aromatic nitrogens is 2. The average molecular weight is 257 g/mol. The van der Waals surface area contributed by atoms with Crippen molar-refractivity contribution in [2.75, 3.05) is 30.8 Å². The highest BCUT2D eigenvalue weighted by Gasteiger charge is 2.37. The molecule has 3 N–H and O–H groups in total. The Balaban J connectivity index is 2.11. The zero-order chi connectivity index (χ0) is 12.5. The molecule has 0 bridgehead atoms. The van der Waals surface area contributed by atoms with Crippen molar-refractivity contribution in [3.05, 3.63) is 11.2 Å². The summed E-state index contributed by atoms with van der Waals surface area (Å²) in [7, 11) is 1.92. The number of nitrogen functional groups attached to an aromatic ring is 1. The molecule has 1 heterocycles. The van der Waals surface area contributed by atoms with Gasteiger partial charge in [-0.3, -0.25) is 0 Å². The highest BCUT2D eigenvalue weighted by atomic mass is 35.5. The molecule has 1 aliphatic carbocycles. The van der Waals surface area contributed by atoms with E-state index in [1.807, 2.05) is 11.9 Å². The van der Waals surface area contributed by atoms with Crippen LogP contribution >= 0.6 is 11.6 Å². The van der Waals surface area contributed by atoms with Crippen LogP contribution in [0.4, 0.5) is 11.8 Å². The third-order valence-corrected chi connectivity index (χ3v) is 3.61. The predicted octanol–water partition coefficient (Wildman–Crippen LogP) is 1.31. The van der Waals surface area contributed by atoms with E-state index < -0.39 is 0 Å². The first-order valence-corrected chi connectivity index (χ1v) is 6.04. The zero-order valence-electron chi connectivity index (χ0n) is 9.86. The van der Waals surface area contributed by atoms with Gasteiger partial charge in [0.2, 0.25) is 5.95 Å². The van der Waals surface area contributed by atoms with Crippen LogP contribution in [-0.2, 0) is 0 Å². The fraction of sp³-hybridized carbons (Fsp3) is 0.636. The summed E-state index contributed by atoms with van der Waals surface area (Å²) in [6.45, 7) is 0.974. The van der Waals surface area contributed by atoms with Crippen LogP contribution in [0.25, 0.3) is 0 Å². The number of aliphatic hydroxyl groups excluding tert-OH is 1. The van der Waals surface area contributed by atoms with Gasteiger partial charge in [-0.25, -0.2) is 4.98 Å². The molecule has 1 fully saturated rings. The Bertz CT molecular complexity index is 383. The molecular weight excluding hydrogens is 240 g/mol. The molecule has 2 rings (SSSR count). The van der Waals surface area contributed by atoms with Crippen LogP contribution in [0.2, 0.25) is 5.15 Å². The predicted molar refractivity (Wildman–Crippen MR) is 68.1 cm³/mol. The number of aliphatic hydroxyl groups is 1. The second-order valence-electron chi connectivity index (χ2n) is 4.77. The van der Waals surface area contributed by atoms with Crippen molar-refractivity contribution in [3.8, 4) is 0 Å². The molecule has 1 aromatic heterocycles. The number of rotatable bonds is 4. The maximum atomic E-state index is 9.43. The number of nitrogens with two attached hydrogens (primary N) is 1. The fourth-order valence-electron chi connectivity index (χ4n) is 2.25. The number of hydrogen-bond donors (Lipinski definition) is 2. The minimum atomic E-state index is 0.0148. The lowest BCUT2D eigenvalue weighted by atomic mass is 9.69. The van der Waals surface area contributed by atoms with Crippen molar-refractivity contribution in [2.45, 2.75) is 19.3 Å². The van der Waals surface area contributed by atoms with Crippen molar-refractivity contribution < 1.29 is 5.11 Å². The number of hydrogen-bond acceptors (Lipinski definition) is 5. The van der Waals surface area contributed by atoms with Gasteiger partial charge in [0.15, 0.2) is 0 Å². The van der Waals surface area contributed by atoms with Gasteiger partial charge in [-0.2, -0.15) is 4.98 Å². The topological polar surface area (TPSA) is 75.3 Å². The molecule has 0 atom stereocenters. The third-order valence-electron chi connectivity index (χ3n) is 3.41. The van der Waals surface area contributed by atoms with E-state index in [-0.39, 0.29) is 18.0 Å². The summed E-state index contributed by atoms with van der Waals surface area (Å²) in [5, 5.41) is 9.77.